The predicted octanol–water partition coefficient (Wildman–Crippen LogP) is 4.68. The lowest BCUT2D eigenvalue weighted by Gasteiger charge is -2.12. The fourth-order valence-corrected chi connectivity index (χ4v) is 5.57. The van der Waals surface area contributed by atoms with Crippen LogP contribution in [0.4, 0.5) is 0 Å². The lowest BCUT2D eigenvalue weighted by Crippen LogP contribution is -2.19. The third-order valence-electron chi connectivity index (χ3n) is 7.49. The van der Waals surface area contributed by atoms with Crippen LogP contribution in [-0.4, -0.2) is 30.6 Å². The number of aliphatic hydroxyl groups excluding tert-OH is 1. The van der Waals surface area contributed by atoms with Crippen molar-refractivity contribution < 1.29 is 30.6 Å². The lowest BCUT2D eigenvalue weighted by molar-refractivity contribution is 0.180. The van der Waals surface area contributed by atoms with Gasteiger partial charge >= 0.3 is 0 Å². The van der Waals surface area contributed by atoms with E-state index >= 15 is 0 Å². The molecule has 0 radical (unpaired) electrons. The average molecular weight is 557 g/mol. The second kappa shape index (κ2) is 9.64. The van der Waals surface area contributed by atoms with Crippen molar-refractivity contribution in [1.29, 1.82) is 0 Å². The van der Waals surface area contributed by atoms with Gasteiger partial charge in [-0.3, -0.25) is 14.4 Å². The molecule has 1 unspecified atom stereocenters. The molecule has 9 nitrogen and oxygen atoms in total. The van der Waals surface area contributed by atoms with Crippen LogP contribution in [0.5, 0.6) is 28.7 Å². The van der Waals surface area contributed by atoms with Gasteiger partial charge in [-0.1, -0.05) is 23.3 Å². The molecule has 0 saturated carbocycles. The van der Waals surface area contributed by atoms with Crippen molar-refractivity contribution in [2.75, 3.05) is 0 Å². The molecule has 0 bridgehead atoms. The molecular formula is C32H28O9. The number of phenols is 5. The van der Waals surface area contributed by atoms with Crippen LogP contribution in [0.1, 0.15) is 51.3 Å². The molecule has 0 spiro atoms. The van der Waals surface area contributed by atoms with Crippen LogP contribution in [-0.2, 0) is 6.42 Å². The average Bonchev–Trinajstić information content (AvgIpc) is 3.26. The zero-order chi connectivity index (χ0) is 30.1. The van der Waals surface area contributed by atoms with Crippen LogP contribution >= 0.6 is 0 Å². The van der Waals surface area contributed by atoms with E-state index in [1.165, 1.54) is 0 Å². The van der Waals surface area contributed by atoms with Crippen LogP contribution in [0.2, 0.25) is 0 Å². The first-order valence-corrected chi connectivity index (χ1v) is 12.9. The smallest absolute Gasteiger partial charge is 0.196 e. The highest BCUT2D eigenvalue weighted by molar-refractivity contribution is 6.31. The van der Waals surface area contributed by atoms with Gasteiger partial charge in [0.15, 0.2) is 16.3 Å². The molecule has 0 aliphatic rings. The summed E-state index contributed by atoms with van der Waals surface area (Å²) in [5, 5.41) is 64.6. The van der Waals surface area contributed by atoms with E-state index in [-0.39, 0.29) is 56.3 Å². The van der Waals surface area contributed by atoms with E-state index in [4.69, 9.17) is 0 Å². The zero-order valence-corrected chi connectivity index (χ0v) is 22.8. The number of aromatic hydroxyl groups is 5. The molecule has 0 heterocycles. The highest BCUT2D eigenvalue weighted by Crippen LogP contribution is 2.55. The fraction of sp³-hybridized carbons (Fsp3) is 0.219. The quantitative estimate of drug-likeness (QED) is 0.133. The standard InChI is InChI=1S/C32H28O9/c1-12(2)5-7-14-20-25(31(40)23-18(35)10-9-17(34)22(23)29(20)38)26-21(14)30(39)24-19(36)11-15(16(33)8-6-13(3)4)28(37)27(24)32(26)41/h5-6,9-11,16,33,35,38-41H,7-8H2,1-4H3. The first-order valence-electron chi connectivity index (χ1n) is 12.9. The zero-order valence-electron chi connectivity index (χ0n) is 22.8. The summed E-state index contributed by atoms with van der Waals surface area (Å²) in [5.74, 6) is -3.21. The summed E-state index contributed by atoms with van der Waals surface area (Å²) in [6.07, 6.45) is 2.13. The largest absolute Gasteiger partial charge is 0.507 e. The molecule has 0 fully saturated rings. The number of rotatable bonds is 5. The van der Waals surface area contributed by atoms with Gasteiger partial charge in [0.2, 0.25) is 0 Å². The molecule has 41 heavy (non-hydrogen) atoms. The van der Waals surface area contributed by atoms with Crippen LogP contribution in [0, 0.1) is 0 Å². The first-order chi connectivity index (χ1) is 19.3. The van der Waals surface area contributed by atoms with Gasteiger partial charge in [-0.25, -0.2) is 0 Å². The summed E-state index contributed by atoms with van der Waals surface area (Å²) in [6.45, 7) is 7.22. The Morgan fingerprint density at radius 2 is 1.17 bits per heavy atom. The highest BCUT2D eigenvalue weighted by Gasteiger charge is 2.31. The Balaban J connectivity index is 2.09. The number of aliphatic hydroxyl groups is 1. The van der Waals surface area contributed by atoms with Crippen LogP contribution < -0.4 is 16.3 Å². The first kappa shape index (κ1) is 27.7. The molecule has 5 aromatic carbocycles. The summed E-state index contributed by atoms with van der Waals surface area (Å²) in [6, 6.07) is 3.01. The second-order valence-corrected chi connectivity index (χ2v) is 10.8. The second-order valence-electron chi connectivity index (χ2n) is 10.8. The predicted molar refractivity (Wildman–Crippen MR) is 158 cm³/mol. The summed E-state index contributed by atoms with van der Waals surface area (Å²) in [5.41, 5.74) is -0.770. The normalized spacial score (nSPS) is 12.4. The van der Waals surface area contributed by atoms with Crippen molar-refractivity contribution >= 4 is 43.1 Å². The number of phenolic OH excluding ortho intramolecular Hbond substituents is 5. The molecule has 210 valence electrons. The summed E-state index contributed by atoms with van der Waals surface area (Å²) >= 11 is 0. The third kappa shape index (κ3) is 4.00. The number of hydrogen-bond donors (Lipinski definition) is 6. The van der Waals surface area contributed by atoms with Gasteiger partial charge < -0.3 is 30.6 Å². The van der Waals surface area contributed by atoms with E-state index in [1.807, 2.05) is 13.8 Å². The SMILES string of the molecule is CC(C)=CCc1c2c(O)c3c(=O)ccc(O)c3c(O)c2c2c(O)c3c(=O)c(C(O)CC=C(C)C)cc(=O)c3c(O)c12. The lowest BCUT2D eigenvalue weighted by atomic mass is 9.95. The maximum absolute atomic E-state index is 13.6. The van der Waals surface area contributed by atoms with Crippen molar-refractivity contribution in [2.45, 2.75) is 46.6 Å². The van der Waals surface area contributed by atoms with Gasteiger partial charge in [-0.15, -0.1) is 0 Å². The molecule has 0 saturated heterocycles. The Morgan fingerprint density at radius 1 is 0.659 bits per heavy atom. The number of hydrogen-bond acceptors (Lipinski definition) is 9. The molecule has 0 aliphatic carbocycles. The van der Waals surface area contributed by atoms with Crippen molar-refractivity contribution in [3.05, 3.63) is 83.3 Å². The molecule has 5 aromatic rings. The van der Waals surface area contributed by atoms with Crippen molar-refractivity contribution in [1.82, 2.24) is 0 Å². The topological polar surface area (TPSA) is 173 Å². The molecule has 5 rings (SSSR count). The van der Waals surface area contributed by atoms with Crippen molar-refractivity contribution in [3.8, 4) is 28.7 Å². The van der Waals surface area contributed by atoms with Gasteiger partial charge in [0.25, 0.3) is 0 Å². The van der Waals surface area contributed by atoms with E-state index in [0.717, 1.165) is 29.3 Å². The minimum Gasteiger partial charge on any atom is -0.507 e. The molecular weight excluding hydrogens is 528 g/mol. The van der Waals surface area contributed by atoms with Crippen molar-refractivity contribution in [3.63, 3.8) is 0 Å². The molecule has 0 amide bonds. The summed E-state index contributed by atoms with van der Waals surface area (Å²) in [4.78, 5) is 39.7. The minimum absolute atomic E-state index is 0.0289. The van der Waals surface area contributed by atoms with Crippen LogP contribution in [0.3, 0.4) is 0 Å². The highest BCUT2D eigenvalue weighted by atomic mass is 16.3. The maximum Gasteiger partial charge on any atom is 0.196 e. The Morgan fingerprint density at radius 3 is 1.73 bits per heavy atom. The Bertz CT molecular complexity index is 2150. The Kier molecular flexibility index (Phi) is 6.50. The molecule has 9 heteroatoms. The molecule has 1 atom stereocenters. The van der Waals surface area contributed by atoms with Gasteiger partial charge in [0.1, 0.15) is 28.7 Å². The third-order valence-corrected chi connectivity index (χ3v) is 7.49. The minimum atomic E-state index is -1.37. The number of benzene rings is 4. The molecule has 0 aromatic heterocycles. The Labute approximate surface area is 232 Å². The molecule has 6 N–H and O–H groups in total. The van der Waals surface area contributed by atoms with E-state index < -0.39 is 61.9 Å². The van der Waals surface area contributed by atoms with Crippen molar-refractivity contribution in [2.24, 2.45) is 0 Å². The van der Waals surface area contributed by atoms with E-state index in [1.54, 1.807) is 26.0 Å². The monoisotopic (exact) mass is 556 g/mol. The summed E-state index contributed by atoms with van der Waals surface area (Å²) in [7, 11) is 0. The van der Waals surface area contributed by atoms with Crippen LogP contribution in [0.15, 0.2) is 55.9 Å². The van der Waals surface area contributed by atoms with Gasteiger partial charge in [-0.2, -0.15) is 0 Å². The van der Waals surface area contributed by atoms with Gasteiger partial charge in [-0.05, 0) is 64.3 Å². The summed E-state index contributed by atoms with van der Waals surface area (Å²) < 4.78 is 0. The number of fused-ring (bicyclic) bond motifs is 5. The Hall–Kier alpha value is -4.89. The maximum atomic E-state index is 13.6. The fourth-order valence-electron chi connectivity index (χ4n) is 5.57. The molecule has 0 aliphatic heterocycles. The van der Waals surface area contributed by atoms with Crippen LogP contribution in [0.25, 0.3) is 43.1 Å². The van der Waals surface area contributed by atoms with E-state index in [2.05, 4.69) is 0 Å². The van der Waals surface area contributed by atoms with Gasteiger partial charge in [0, 0.05) is 27.1 Å². The number of allylic oxidation sites excluding steroid dienone is 3. The van der Waals surface area contributed by atoms with Gasteiger partial charge in [0.05, 0.1) is 27.6 Å². The van der Waals surface area contributed by atoms with E-state index in [0.29, 0.717) is 0 Å². The van der Waals surface area contributed by atoms with E-state index in [9.17, 15) is 45.0 Å².